The van der Waals surface area contributed by atoms with E-state index in [9.17, 15) is 0 Å². The van der Waals surface area contributed by atoms with Crippen LogP contribution in [0.2, 0.25) is 0 Å². The van der Waals surface area contributed by atoms with Gasteiger partial charge in [0.05, 0.1) is 11.6 Å². The number of aromatic nitrogens is 2. The second-order valence-corrected chi connectivity index (χ2v) is 5.42. The highest BCUT2D eigenvalue weighted by Gasteiger charge is 2.11. The molecule has 2 aromatic heterocycles. The summed E-state index contributed by atoms with van der Waals surface area (Å²) in [5, 5.41) is 9.07. The minimum Gasteiger partial charge on any atom is -0.344 e. The van der Waals surface area contributed by atoms with Crippen molar-refractivity contribution in [3.8, 4) is 17.2 Å². The molecule has 3 nitrogen and oxygen atoms in total. The molecule has 0 atom stereocenters. The molecule has 108 valence electrons. The summed E-state index contributed by atoms with van der Waals surface area (Å²) in [7, 11) is 0. The van der Waals surface area contributed by atoms with Gasteiger partial charge in [-0.2, -0.15) is 5.26 Å². The fraction of sp³-hybridized carbons (Fsp3) is 0.158. The van der Waals surface area contributed by atoms with Crippen LogP contribution in [0, 0.1) is 25.2 Å². The SMILES string of the molecule is Cc1cc(-c2cccc(C#N)c2)c(C)n1Cc1cccnc1. The average Bonchev–Trinajstić information content (AvgIpc) is 2.84. The summed E-state index contributed by atoms with van der Waals surface area (Å²) in [5.41, 5.74) is 6.55. The second-order valence-electron chi connectivity index (χ2n) is 5.42. The predicted octanol–water partition coefficient (Wildman–Crippen LogP) is 4.09. The summed E-state index contributed by atoms with van der Waals surface area (Å²) in [6.45, 7) is 5.04. The first-order chi connectivity index (χ1) is 10.7. The molecule has 3 heteroatoms. The lowest BCUT2D eigenvalue weighted by atomic mass is 10.0. The number of nitrogens with zero attached hydrogens (tertiary/aromatic N) is 3. The smallest absolute Gasteiger partial charge is 0.0991 e. The molecule has 0 saturated carbocycles. The van der Waals surface area contributed by atoms with Gasteiger partial charge in [-0.15, -0.1) is 0 Å². The van der Waals surface area contributed by atoms with Gasteiger partial charge in [0.15, 0.2) is 0 Å². The molecule has 2 heterocycles. The van der Waals surface area contributed by atoms with Gasteiger partial charge in [-0.05, 0) is 49.2 Å². The number of rotatable bonds is 3. The molecule has 0 fully saturated rings. The highest BCUT2D eigenvalue weighted by molar-refractivity contribution is 5.68. The Labute approximate surface area is 130 Å². The fourth-order valence-corrected chi connectivity index (χ4v) is 2.77. The number of hydrogen-bond acceptors (Lipinski definition) is 2. The van der Waals surface area contributed by atoms with E-state index in [0.29, 0.717) is 5.56 Å². The van der Waals surface area contributed by atoms with Crippen molar-refractivity contribution in [2.24, 2.45) is 0 Å². The van der Waals surface area contributed by atoms with Crippen LogP contribution in [0.4, 0.5) is 0 Å². The van der Waals surface area contributed by atoms with Crippen molar-refractivity contribution >= 4 is 0 Å². The summed E-state index contributed by atoms with van der Waals surface area (Å²) in [5.74, 6) is 0. The Hall–Kier alpha value is -2.86. The molecule has 1 aromatic carbocycles. The van der Waals surface area contributed by atoms with Crippen molar-refractivity contribution in [2.75, 3.05) is 0 Å². The van der Waals surface area contributed by atoms with E-state index < -0.39 is 0 Å². The van der Waals surface area contributed by atoms with E-state index in [4.69, 9.17) is 5.26 Å². The summed E-state index contributed by atoms with van der Waals surface area (Å²) in [6, 6.07) is 16.2. The first-order valence-corrected chi connectivity index (χ1v) is 7.25. The third kappa shape index (κ3) is 2.64. The quantitative estimate of drug-likeness (QED) is 0.728. The van der Waals surface area contributed by atoms with Gasteiger partial charge < -0.3 is 4.57 Å². The monoisotopic (exact) mass is 287 g/mol. The zero-order valence-electron chi connectivity index (χ0n) is 12.7. The third-order valence-electron chi connectivity index (χ3n) is 3.94. The second kappa shape index (κ2) is 5.87. The van der Waals surface area contributed by atoms with E-state index >= 15 is 0 Å². The molecule has 0 bridgehead atoms. The van der Waals surface area contributed by atoms with Gasteiger partial charge in [0.2, 0.25) is 0 Å². The molecule has 0 N–H and O–H groups in total. The van der Waals surface area contributed by atoms with E-state index in [0.717, 1.165) is 12.1 Å². The first-order valence-electron chi connectivity index (χ1n) is 7.25. The van der Waals surface area contributed by atoms with E-state index in [1.54, 1.807) is 6.20 Å². The number of benzene rings is 1. The Balaban J connectivity index is 2.01. The molecule has 0 saturated heterocycles. The maximum Gasteiger partial charge on any atom is 0.0991 e. The first kappa shape index (κ1) is 14.1. The maximum absolute atomic E-state index is 9.07. The van der Waals surface area contributed by atoms with Gasteiger partial charge in [0, 0.05) is 35.9 Å². The van der Waals surface area contributed by atoms with Crippen LogP contribution < -0.4 is 0 Å². The highest BCUT2D eigenvalue weighted by atomic mass is 15.0. The molecule has 0 radical (unpaired) electrons. The zero-order chi connectivity index (χ0) is 15.5. The molecule has 0 aliphatic rings. The normalized spacial score (nSPS) is 10.4. The molecule has 0 unspecified atom stereocenters. The molecular formula is C19H17N3. The minimum atomic E-state index is 0.689. The van der Waals surface area contributed by atoms with Crippen LogP contribution in [-0.2, 0) is 6.54 Å². The molecule has 22 heavy (non-hydrogen) atoms. The minimum absolute atomic E-state index is 0.689. The average molecular weight is 287 g/mol. The Kier molecular flexibility index (Phi) is 3.76. The van der Waals surface area contributed by atoms with Gasteiger partial charge >= 0.3 is 0 Å². The Morgan fingerprint density at radius 1 is 1.14 bits per heavy atom. The lowest BCUT2D eigenvalue weighted by Crippen LogP contribution is -2.04. The van der Waals surface area contributed by atoms with Crippen molar-refractivity contribution in [3.63, 3.8) is 0 Å². The van der Waals surface area contributed by atoms with Crippen molar-refractivity contribution in [1.29, 1.82) is 5.26 Å². The van der Waals surface area contributed by atoms with E-state index in [1.165, 1.54) is 22.5 Å². The van der Waals surface area contributed by atoms with E-state index in [2.05, 4.69) is 47.7 Å². The van der Waals surface area contributed by atoms with Gasteiger partial charge in [0.25, 0.3) is 0 Å². The van der Waals surface area contributed by atoms with E-state index in [1.807, 2.05) is 30.5 Å². The molecule has 0 amide bonds. The van der Waals surface area contributed by atoms with Crippen LogP contribution in [0.15, 0.2) is 54.9 Å². The molecule has 0 aliphatic carbocycles. The largest absolute Gasteiger partial charge is 0.344 e. The molecule has 0 spiro atoms. The summed E-state index contributed by atoms with van der Waals surface area (Å²) in [4.78, 5) is 4.18. The Morgan fingerprint density at radius 2 is 2.00 bits per heavy atom. The lowest BCUT2D eigenvalue weighted by Gasteiger charge is -2.10. The lowest BCUT2D eigenvalue weighted by molar-refractivity contribution is 0.747. The van der Waals surface area contributed by atoms with E-state index in [-0.39, 0.29) is 0 Å². The van der Waals surface area contributed by atoms with Crippen molar-refractivity contribution in [3.05, 3.63) is 77.4 Å². The summed E-state index contributed by atoms with van der Waals surface area (Å²) < 4.78 is 2.28. The standard InChI is InChI=1S/C19H17N3/c1-14-9-19(18-7-3-5-16(10-18)11-20)15(2)22(14)13-17-6-4-8-21-12-17/h3-10,12H,13H2,1-2H3. The number of nitriles is 1. The molecular weight excluding hydrogens is 270 g/mol. The summed E-state index contributed by atoms with van der Waals surface area (Å²) >= 11 is 0. The third-order valence-corrected chi connectivity index (χ3v) is 3.94. The molecule has 0 aliphatic heterocycles. The van der Waals surface area contributed by atoms with Crippen LogP contribution in [0.5, 0.6) is 0 Å². The van der Waals surface area contributed by atoms with Crippen LogP contribution in [-0.4, -0.2) is 9.55 Å². The van der Waals surface area contributed by atoms with Crippen molar-refractivity contribution < 1.29 is 0 Å². The van der Waals surface area contributed by atoms with Crippen LogP contribution in [0.25, 0.3) is 11.1 Å². The van der Waals surface area contributed by atoms with Crippen molar-refractivity contribution in [2.45, 2.75) is 20.4 Å². The van der Waals surface area contributed by atoms with Crippen LogP contribution >= 0.6 is 0 Å². The van der Waals surface area contributed by atoms with Gasteiger partial charge in [0.1, 0.15) is 0 Å². The Bertz CT molecular complexity index is 839. The molecule has 3 rings (SSSR count). The number of aryl methyl sites for hydroxylation is 1. The van der Waals surface area contributed by atoms with Crippen molar-refractivity contribution in [1.82, 2.24) is 9.55 Å². The summed E-state index contributed by atoms with van der Waals surface area (Å²) in [6.07, 6.45) is 3.69. The predicted molar refractivity (Wildman–Crippen MR) is 87.4 cm³/mol. The maximum atomic E-state index is 9.07. The van der Waals surface area contributed by atoms with Crippen LogP contribution in [0.1, 0.15) is 22.5 Å². The zero-order valence-corrected chi connectivity index (χ0v) is 12.7. The highest BCUT2D eigenvalue weighted by Crippen LogP contribution is 2.28. The topological polar surface area (TPSA) is 41.6 Å². The van der Waals surface area contributed by atoms with Gasteiger partial charge in [-0.25, -0.2) is 0 Å². The van der Waals surface area contributed by atoms with Crippen LogP contribution in [0.3, 0.4) is 0 Å². The van der Waals surface area contributed by atoms with Gasteiger partial charge in [-0.1, -0.05) is 18.2 Å². The fourth-order valence-electron chi connectivity index (χ4n) is 2.77. The molecule has 3 aromatic rings. The van der Waals surface area contributed by atoms with Gasteiger partial charge in [-0.3, -0.25) is 4.98 Å². The number of pyridine rings is 1. The Morgan fingerprint density at radius 3 is 2.73 bits per heavy atom. The number of hydrogen-bond donors (Lipinski definition) is 0.